The van der Waals surface area contributed by atoms with Crippen LogP contribution in [-0.2, 0) is 5.41 Å². The van der Waals surface area contributed by atoms with Crippen LogP contribution in [0.3, 0.4) is 0 Å². The van der Waals surface area contributed by atoms with E-state index in [0.717, 1.165) is 11.8 Å². The fraction of sp³-hybridized carbons (Fsp3) is 0.429. The number of non-ortho nitro benzene ring substituents is 1. The molecule has 33 heavy (non-hydrogen) atoms. The molecule has 1 aliphatic heterocycles. The van der Waals surface area contributed by atoms with E-state index in [1.807, 2.05) is 6.07 Å². The summed E-state index contributed by atoms with van der Waals surface area (Å²) in [5, 5.41) is 40.2. The van der Waals surface area contributed by atoms with Gasteiger partial charge in [-0.15, -0.1) is 0 Å². The average Bonchev–Trinajstić information content (AvgIpc) is 3.02. The number of nitro groups is 3. The predicted molar refractivity (Wildman–Crippen MR) is 118 cm³/mol. The number of phenols is 1. The zero-order chi connectivity index (χ0) is 24.3. The number of nitrogens with zero attached hydrogens (tertiary/aromatic N) is 4. The Morgan fingerprint density at radius 1 is 1.06 bits per heavy atom. The minimum absolute atomic E-state index is 0.395. The molecule has 12 nitrogen and oxygen atoms in total. The minimum atomic E-state index is -1.21. The van der Waals surface area contributed by atoms with Gasteiger partial charge in [0.05, 0.1) is 34.0 Å². The summed E-state index contributed by atoms with van der Waals surface area (Å²) in [6.45, 7) is 1.21. The van der Waals surface area contributed by atoms with Crippen LogP contribution in [0.15, 0.2) is 36.4 Å². The van der Waals surface area contributed by atoms with E-state index in [-0.39, 0.29) is 0 Å². The summed E-state index contributed by atoms with van der Waals surface area (Å²) < 4.78 is 5.36. The number of rotatable bonds is 5. The van der Waals surface area contributed by atoms with E-state index in [0.29, 0.717) is 17.5 Å². The zero-order valence-electron chi connectivity index (χ0n) is 18.2. The van der Waals surface area contributed by atoms with E-state index in [4.69, 9.17) is 9.84 Å². The number of nitro benzene ring substituents is 3. The number of likely N-dealkylation sites (N-methyl/N-ethyl adjacent to an activating group) is 1. The van der Waals surface area contributed by atoms with Gasteiger partial charge in [0.1, 0.15) is 5.75 Å². The molecule has 1 saturated heterocycles. The van der Waals surface area contributed by atoms with Gasteiger partial charge in [0.15, 0.2) is 0 Å². The SMILES string of the molecule is COc1cccc(C23CCCC(C2)N(C)C3)c1.O=[N+]([O-])c1cc([N+](=O)[O-])c(O)c([N+](=O)[O-])c1. The second-order valence-corrected chi connectivity index (χ2v) is 8.28. The lowest BCUT2D eigenvalue weighted by Crippen LogP contribution is -2.29. The third-order valence-electron chi connectivity index (χ3n) is 6.34. The van der Waals surface area contributed by atoms with Gasteiger partial charge in [0, 0.05) is 18.0 Å². The second-order valence-electron chi connectivity index (χ2n) is 8.28. The smallest absolute Gasteiger partial charge is 0.324 e. The van der Waals surface area contributed by atoms with Crippen molar-refractivity contribution in [2.24, 2.45) is 0 Å². The number of fused-ring (bicyclic) bond motifs is 2. The predicted octanol–water partition coefficient (Wildman–Crippen LogP) is 3.94. The molecule has 1 saturated carbocycles. The summed E-state index contributed by atoms with van der Waals surface area (Å²) in [5.74, 6) is -0.214. The normalized spacial score (nSPS) is 21.6. The second kappa shape index (κ2) is 9.36. The lowest BCUT2D eigenvalue weighted by atomic mass is 9.71. The van der Waals surface area contributed by atoms with Crippen molar-refractivity contribution in [1.82, 2.24) is 4.90 Å². The number of ether oxygens (including phenoxy) is 1. The van der Waals surface area contributed by atoms with Crippen molar-refractivity contribution >= 4 is 17.1 Å². The molecule has 2 aliphatic rings. The highest BCUT2D eigenvalue weighted by Crippen LogP contribution is 2.47. The number of methoxy groups -OCH3 is 1. The van der Waals surface area contributed by atoms with Crippen LogP contribution in [0.1, 0.15) is 31.2 Å². The van der Waals surface area contributed by atoms with Crippen LogP contribution in [0.5, 0.6) is 11.5 Å². The number of phenolic OH excluding ortho intramolecular Hbond substituents is 1. The molecule has 0 aromatic heterocycles. The quantitative estimate of drug-likeness (QED) is 0.514. The molecular formula is C21H24N4O8. The van der Waals surface area contributed by atoms with Gasteiger partial charge in [-0.05, 0) is 44.0 Å². The van der Waals surface area contributed by atoms with Gasteiger partial charge in [-0.1, -0.05) is 18.6 Å². The Hall–Kier alpha value is -3.80. The highest BCUT2D eigenvalue weighted by molar-refractivity contribution is 5.64. The van der Waals surface area contributed by atoms with Crippen molar-refractivity contribution in [2.45, 2.75) is 37.1 Å². The lowest BCUT2D eigenvalue weighted by molar-refractivity contribution is -0.404. The molecule has 1 aliphatic carbocycles. The summed E-state index contributed by atoms with van der Waals surface area (Å²) >= 11 is 0. The molecule has 12 heteroatoms. The van der Waals surface area contributed by atoms with E-state index >= 15 is 0 Å². The van der Waals surface area contributed by atoms with Crippen molar-refractivity contribution in [3.63, 3.8) is 0 Å². The van der Waals surface area contributed by atoms with Gasteiger partial charge < -0.3 is 14.7 Å². The maximum atomic E-state index is 10.4. The van der Waals surface area contributed by atoms with Crippen LogP contribution in [0, 0.1) is 30.3 Å². The molecule has 0 spiro atoms. The molecule has 2 aromatic carbocycles. The van der Waals surface area contributed by atoms with Crippen molar-refractivity contribution in [3.8, 4) is 11.5 Å². The molecule has 4 rings (SSSR count). The molecule has 0 radical (unpaired) electrons. The molecular weight excluding hydrogens is 436 g/mol. The van der Waals surface area contributed by atoms with E-state index < -0.39 is 37.6 Å². The van der Waals surface area contributed by atoms with E-state index in [1.54, 1.807) is 7.11 Å². The lowest BCUT2D eigenvalue weighted by Gasteiger charge is -2.32. The molecule has 2 unspecified atom stereocenters. The third kappa shape index (κ3) is 4.85. The third-order valence-corrected chi connectivity index (χ3v) is 6.34. The Labute approximate surface area is 188 Å². The Morgan fingerprint density at radius 3 is 2.24 bits per heavy atom. The minimum Gasteiger partial charge on any atom is -0.497 e. The van der Waals surface area contributed by atoms with Crippen LogP contribution < -0.4 is 4.74 Å². The van der Waals surface area contributed by atoms with Gasteiger partial charge in [-0.3, -0.25) is 30.3 Å². The maximum Gasteiger partial charge on any atom is 0.324 e. The van der Waals surface area contributed by atoms with Crippen LogP contribution in [0.2, 0.25) is 0 Å². The Kier molecular flexibility index (Phi) is 6.77. The van der Waals surface area contributed by atoms with E-state index in [2.05, 4.69) is 30.1 Å². The molecule has 1 heterocycles. The summed E-state index contributed by atoms with van der Waals surface area (Å²) in [7, 11) is 4.03. The molecule has 2 aromatic rings. The zero-order valence-corrected chi connectivity index (χ0v) is 18.2. The number of aromatic hydroxyl groups is 1. The summed E-state index contributed by atoms with van der Waals surface area (Å²) in [6.07, 6.45) is 5.41. The first kappa shape index (κ1) is 23.9. The summed E-state index contributed by atoms with van der Waals surface area (Å²) in [4.78, 5) is 30.3. The van der Waals surface area contributed by atoms with Crippen molar-refractivity contribution in [2.75, 3.05) is 20.7 Å². The molecule has 2 atom stereocenters. The van der Waals surface area contributed by atoms with Crippen LogP contribution in [0.25, 0.3) is 0 Å². The number of benzene rings is 2. The molecule has 176 valence electrons. The van der Waals surface area contributed by atoms with Crippen LogP contribution in [0.4, 0.5) is 17.1 Å². The Balaban J connectivity index is 0.000000186. The van der Waals surface area contributed by atoms with Crippen molar-refractivity contribution in [1.29, 1.82) is 0 Å². The van der Waals surface area contributed by atoms with Crippen molar-refractivity contribution in [3.05, 3.63) is 72.3 Å². The average molecular weight is 460 g/mol. The first-order valence-corrected chi connectivity index (χ1v) is 10.2. The molecule has 0 amide bonds. The molecule has 1 N–H and O–H groups in total. The van der Waals surface area contributed by atoms with E-state index in [1.165, 1.54) is 37.8 Å². The highest BCUT2D eigenvalue weighted by atomic mass is 16.6. The Bertz CT molecular complexity index is 1050. The maximum absolute atomic E-state index is 10.4. The van der Waals surface area contributed by atoms with Crippen LogP contribution >= 0.6 is 0 Å². The summed E-state index contributed by atoms with van der Waals surface area (Å²) in [6, 6.07) is 10.4. The molecule has 2 bridgehead atoms. The van der Waals surface area contributed by atoms with Crippen molar-refractivity contribution < 1.29 is 24.6 Å². The monoisotopic (exact) mass is 460 g/mol. The largest absolute Gasteiger partial charge is 0.497 e. The molecule has 2 fully saturated rings. The Morgan fingerprint density at radius 2 is 1.70 bits per heavy atom. The number of hydrogen-bond donors (Lipinski definition) is 1. The van der Waals surface area contributed by atoms with Gasteiger partial charge >= 0.3 is 11.4 Å². The topological polar surface area (TPSA) is 162 Å². The first-order chi connectivity index (χ1) is 15.6. The number of hydrogen-bond acceptors (Lipinski definition) is 9. The van der Waals surface area contributed by atoms with E-state index in [9.17, 15) is 30.3 Å². The summed E-state index contributed by atoms with van der Waals surface area (Å²) in [5.41, 5.74) is -1.13. The van der Waals surface area contributed by atoms with Crippen LogP contribution in [-0.4, -0.2) is 51.5 Å². The van der Waals surface area contributed by atoms with Gasteiger partial charge in [0.2, 0.25) is 0 Å². The standard InChI is InChI=1S/C15H21NO.C6H3N3O7/c1-16-11-15(8-4-6-13(16)10-15)12-5-3-7-14(9-12)17-2;10-6-4(8(13)14)1-3(7(11)12)2-5(6)9(15)16/h3,5,7,9,13H,4,6,8,10-11H2,1-2H3;1-2,10H. The fourth-order valence-corrected chi connectivity index (χ4v) is 4.74. The van der Waals surface area contributed by atoms with Gasteiger partial charge in [0.25, 0.3) is 11.4 Å². The fourth-order valence-electron chi connectivity index (χ4n) is 4.74. The number of likely N-dealkylation sites (tertiary alicyclic amines) is 1. The first-order valence-electron chi connectivity index (χ1n) is 10.2. The van der Waals surface area contributed by atoms with Gasteiger partial charge in [-0.2, -0.15) is 0 Å². The highest BCUT2D eigenvalue weighted by Gasteiger charge is 2.46. The van der Waals surface area contributed by atoms with Gasteiger partial charge in [-0.25, -0.2) is 0 Å².